The number of benzene rings is 1. The fraction of sp³-hybridized carbons (Fsp3) is 0.462. The molecule has 1 aliphatic heterocycles. The summed E-state index contributed by atoms with van der Waals surface area (Å²) in [5.74, 6) is -2.64. The molecule has 0 spiro atoms. The lowest BCUT2D eigenvalue weighted by Crippen LogP contribution is -2.42. The lowest BCUT2D eigenvalue weighted by atomic mass is 9.96. The summed E-state index contributed by atoms with van der Waals surface area (Å²) in [4.78, 5) is 12.6. The van der Waals surface area contributed by atoms with Gasteiger partial charge in [-0.15, -0.1) is 0 Å². The van der Waals surface area contributed by atoms with E-state index in [2.05, 4.69) is 0 Å². The van der Waals surface area contributed by atoms with Crippen LogP contribution in [-0.4, -0.2) is 30.3 Å². The van der Waals surface area contributed by atoms with E-state index in [0.717, 1.165) is 0 Å². The molecule has 1 fully saturated rings. The van der Waals surface area contributed by atoms with Crippen LogP contribution in [0.25, 0.3) is 0 Å². The summed E-state index contributed by atoms with van der Waals surface area (Å²) in [5, 5.41) is 9.14. The molecule has 110 valence electrons. The normalized spacial score (nSPS) is 19.9. The summed E-state index contributed by atoms with van der Waals surface area (Å²) in [7, 11) is 0. The van der Waals surface area contributed by atoms with Crippen LogP contribution in [-0.2, 0) is 0 Å². The molecule has 20 heavy (non-hydrogen) atoms. The van der Waals surface area contributed by atoms with Crippen molar-refractivity contribution in [1.29, 1.82) is 0 Å². The first-order chi connectivity index (χ1) is 9.30. The largest absolute Gasteiger partial charge is 0.478 e. The number of para-hydroxylation sites is 1. The van der Waals surface area contributed by atoms with E-state index in [-0.39, 0.29) is 29.9 Å². The van der Waals surface area contributed by atoms with Gasteiger partial charge in [0, 0.05) is 13.1 Å². The molecule has 1 heterocycles. The molecule has 1 aliphatic rings. The Labute approximate surface area is 114 Å². The Morgan fingerprint density at radius 2 is 2.10 bits per heavy atom. The highest BCUT2D eigenvalue weighted by molar-refractivity contribution is 5.98. The van der Waals surface area contributed by atoms with Gasteiger partial charge in [0.1, 0.15) is 0 Å². The fourth-order valence-electron chi connectivity index (χ4n) is 2.53. The second-order valence-electron chi connectivity index (χ2n) is 4.88. The highest BCUT2D eigenvalue weighted by Crippen LogP contribution is 2.37. The summed E-state index contributed by atoms with van der Waals surface area (Å²) in [5.41, 5.74) is 6.07. The zero-order valence-electron chi connectivity index (χ0n) is 10.7. The second kappa shape index (κ2) is 5.22. The van der Waals surface area contributed by atoms with Crippen LogP contribution in [0.5, 0.6) is 0 Å². The van der Waals surface area contributed by atoms with Crippen LogP contribution in [0.2, 0.25) is 0 Å². The SMILES string of the molecule is Nc1cccc(C(=O)O)c1N1CCCC(C(F)(F)F)C1. The molecule has 1 aromatic rings. The number of carbonyl (C=O) groups is 1. The van der Waals surface area contributed by atoms with Gasteiger partial charge in [-0.1, -0.05) is 6.07 Å². The van der Waals surface area contributed by atoms with Crippen LogP contribution in [0.1, 0.15) is 23.2 Å². The predicted octanol–water partition coefficient (Wildman–Crippen LogP) is 2.75. The summed E-state index contributed by atoms with van der Waals surface area (Å²) >= 11 is 0. The van der Waals surface area contributed by atoms with Gasteiger partial charge in [0.2, 0.25) is 0 Å². The van der Waals surface area contributed by atoms with E-state index in [1.165, 1.54) is 23.1 Å². The Bertz CT molecular complexity index is 517. The molecular formula is C13H15F3N2O2. The number of carboxylic acid groups (broad SMARTS) is 1. The number of nitrogens with two attached hydrogens (primary N) is 1. The van der Waals surface area contributed by atoms with Crippen molar-refractivity contribution in [1.82, 2.24) is 0 Å². The third-order valence-corrected chi connectivity index (χ3v) is 3.50. The van der Waals surface area contributed by atoms with Gasteiger partial charge in [-0.05, 0) is 25.0 Å². The first kappa shape index (κ1) is 14.5. The van der Waals surface area contributed by atoms with Crippen molar-refractivity contribution in [2.75, 3.05) is 23.7 Å². The maximum atomic E-state index is 12.8. The Kier molecular flexibility index (Phi) is 3.78. The zero-order chi connectivity index (χ0) is 14.9. The molecule has 0 aliphatic carbocycles. The number of nitrogens with zero attached hydrogens (tertiary/aromatic N) is 1. The molecular weight excluding hydrogens is 273 g/mol. The van der Waals surface area contributed by atoms with Gasteiger partial charge in [0.15, 0.2) is 0 Å². The van der Waals surface area contributed by atoms with Crippen molar-refractivity contribution in [2.45, 2.75) is 19.0 Å². The minimum atomic E-state index is -4.27. The number of piperidine rings is 1. The Morgan fingerprint density at radius 3 is 2.70 bits per heavy atom. The number of hydrogen-bond donors (Lipinski definition) is 2. The van der Waals surface area contributed by atoms with Crippen molar-refractivity contribution >= 4 is 17.3 Å². The van der Waals surface area contributed by atoms with Crippen LogP contribution < -0.4 is 10.6 Å². The maximum Gasteiger partial charge on any atom is 0.393 e. The van der Waals surface area contributed by atoms with Gasteiger partial charge in [0.05, 0.1) is 22.9 Å². The molecule has 0 bridgehead atoms. The van der Waals surface area contributed by atoms with E-state index in [1.54, 1.807) is 0 Å². The summed E-state index contributed by atoms with van der Waals surface area (Å²) < 4.78 is 38.4. The Morgan fingerprint density at radius 1 is 1.40 bits per heavy atom. The lowest BCUT2D eigenvalue weighted by Gasteiger charge is -2.36. The highest BCUT2D eigenvalue weighted by atomic mass is 19.4. The van der Waals surface area contributed by atoms with Crippen LogP contribution in [0, 0.1) is 5.92 Å². The molecule has 2 rings (SSSR count). The summed E-state index contributed by atoms with van der Waals surface area (Å²) in [6.45, 7) is 0.124. The molecule has 0 saturated carbocycles. The van der Waals surface area contributed by atoms with Crippen LogP contribution >= 0.6 is 0 Å². The average Bonchev–Trinajstić information content (AvgIpc) is 2.37. The number of rotatable bonds is 2. The number of nitrogen functional groups attached to an aromatic ring is 1. The van der Waals surface area contributed by atoms with Crippen LogP contribution in [0.4, 0.5) is 24.5 Å². The third-order valence-electron chi connectivity index (χ3n) is 3.50. The first-order valence-electron chi connectivity index (χ1n) is 6.24. The lowest BCUT2D eigenvalue weighted by molar-refractivity contribution is -0.175. The smallest absolute Gasteiger partial charge is 0.393 e. The van der Waals surface area contributed by atoms with Gasteiger partial charge >= 0.3 is 12.1 Å². The number of carboxylic acids is 1. The molecule has 0 amide bonds. The Hall–Kier alpha value is -1.92. The minimum absolute atomic E-state index is 0.0622. The van der Waals surface area contributed by atoms with Crippen molar-refractivity contribution in [2.24, 2.45) is 5.92 Å². The van der Waals surface area contributed by atoms with E-state index >= 15 is 0 Å². The van der Waals surface area contributed by atoms with Crippen molar-refractivity contribution in [3.8, 4) is 0 Å². The predicted molar refractivity (Wildman–Crippen MR) is 68.8 cm³/mol. The highest BCUT2D eigenvalue weighted by Gasteiger charge is 2.42. The number of hydrogen-bond acceptors (Lipinski definition) is 3. The molecule has 1 unspecified atom stereocenters. The van der Waals surface area contributed by atoms with E-state index in [9.17, 15) is 18.0 Å². The fourth-order valence-corrected chi connectivity index (χ4v) is 2.53. The minimum Gasteiger partial charge on any atom is -0.478 e. The molecule has 7 heteroatoms. The van der Waals surface area contributed by atoms with Crippen LogP contribution in [0.15, 0.2) is 18.2 Å². The number of alkyl halides is 3. The second-order valence-corrected chi connectivity index (χ2v) is 4.88. The van der Waals surface area contributed by atoms with Crippen molar-refractivity contribution < 1.29 is 23.1 Å². The summed E-state index contributed by atoms with van der Waals surface area (Å²) in [6, 6.07) is 4.33. The topological polar surface area (TPSA) is 66.6 Å². The quantitative estimate of drug-likeness (QED) is 0.821. The molecule has 0 aromatic heterocycles. The zero-order valence-corrected chi connectivity index (χ0v) is 10.7. The van der Waals surface area contributed by atoms with Crippen LogP contribution in [0.3, 0.4) is 0 Å². The van der Waals surface area contributed by atoms with Gasteiger partial charge in [-0.25, -0.2) is 4.79 Å². The van der Waals surface area contributed by atoms with Gasteiger partial charge in [-0.2, -0.15) is 13.2 Å². The van der Waals surface area contributed by atoms with E-state index in [1.807, 2.05) is 0 Å². The molecule has 1 aromatic carbocycles. The monoisotopic (exact) mass is 288 g/mol. The molecule has 3 N–H and O–H groups in total. The van der Waals surface area contributed by atoms with E-state index in [0.29, 0.717) is 13.0 Å². The van der Waals surface area contributed by atoms with Gasteiger partial charge < -0.3 is 15.7 Å². The van der Waals surface area contributed by atoms with Crippen molar-refractivity contribution in [3.63, 3.8) is 0 Å². The molecule has 1 atom stereocenters. The third kappa shape index (κ3) is 2.81. The first-order valence-corrected chi connectivity index (χ1v) is 6.24. The number of halogens is 3. The standard InChI is InChI=1S/C13H15F3N2O2/c14-13(15,16)8-3-2-6-18(7-8)11-9(12(19)20)4-1-5-10(11)17/h1,4-5,8H,2-3,6-7,17H2,(H,19,20). The molecule has 4 nitrogen and oxygen atoms in total. The van der Waals surface area contributed by atoms with Gasteiger partial charge in [-0.3, -0.25) is 0 Å². The van der Waals surface area contributed by atoms with Gasteiger partial charge in [0.25, 0.3) is 0 Å². The maximum absolute atomic E-state index is 12.8. The van der Waals surface area contributed by atoms with E-state index < -0.39 is 18.1 Å². The molecule has 0 radical (unpaired) electrons. The number of aromatic carboxylic acids is 1. The molecule has 1 saturated heterocycles. The summed E-state index contributed by atoms with van der Waals surface area (Å²) in [6.07, 6.45) is -3.85. The number of anilines is 2. The Balaban J connectivity index is 2.34. The van der Waals surface area contributed by atoms with Crippen molar-refractivity contribution in [3.05, 3.63) is 23.8 Å². The van der Waals surface area contributed by atoms with E-state index in [4.69, 9.17) is 10.8 Å². The average molecular weight is 288 g/mol.